The molecule has 1 atom stereocenters. The van der Waals surface area contributed by atoms with E-state index in [2.05, 4.69) is 16.4 Å². The maximum absolute atomic E-state index is 9.49. The van der Waals surface area contributed by atoms with Crippen LogP contribution in [0.15, 0.2) is 30.5 Å². The summed E-state index contributed by atoms with van der Waals surface area (Å²) in [6, 6.07) is 9.87. The summed E-state index contributed by atoms with van der Waals surface area (Å²) < 4.78 is 0. The van der Waals surface area contributed by atoms with Crippen LogP contribution < -0.4 is 5.32 Å². The number of aromatic amines is 1. The van der Waals surface area contributed by atoms with Gasteiger partial charge in [-0.05, 0) is 25.0 Å². The molecule has 0 radical (unpaired) electrons. The maximum Gasteiger partial charge on any atom is 0.202 e. The third kappa shape index (κ3) is 2.64. The summed E-state index contributed by atoms with van der Waals surface area (Å²) in [6.07, 6.45) is 2.73. The molecule has 4 nitrogen and oxygen atoms in total. The molecule has 88 valence electrons. The lowest BCUT2D eigenvalue weighted by Crippen LogP contribution is -2.41. The molecule has 2 rings (SSSR count). The van der Waals surface area contributed by atoms with Crippen molar-refractivity contribution in [2.75, 3.05) is 6.54 Å². The summed E-state index contributed by atoms with van der Waals surface area (Å²) in [4.78, 5) is 3.19. The predicted molar refractivity (Wildman–Crippen MR) is 66.2 cm³/mol. The quantitative estimate of drug-likeness (QED) is 0.550. The second kappa shape index (κ2) is 4.58. The Labute approximate surface area is 99.9 Å². The van der Waals surface area contributed by atoms with Crippen molar-refractivity contribution in [3.05, 3.63) is 36.0 Å². The monoisotopic (exact) mass is 229 g/mol. The number of aromatic nitrogens is 1. The van der Waals surface area contributed by atoms with Gasteiger partial charge in [-0.15, -0.1) is 0 Å². The molecule has 0 bridgehead atoms. The lowest BCUT2D eigenvalue weighted by molar-refractivity contribution is 0.0827. The number of aliphatic hydroxyl groups is 1. The highest BCUT2D eigenvalue weighted by Crippen LogP contribution is 2.17. The number of H-pyrrole nitrogens is 1. The first-order valence-corrected chi connectivity index (χ1v) is 5.56. The van der Waals surface area contributed by atoms with Gasteiger partial charge in [0.2, 0.25) is 5.72 Å². The van der Waals surface area contributed by atoms with Gasteiger partial charge in [-0.1, -0.05) is 18.2 Å². The molecule has 0 aliphatic rings. The zero-order valence-electron chi connectivity index (χ0n) is 9.70. The standard InChI is InChI=1S/C13H15N3O/c1-13(17,9-14)16-7-6-10-8-15-12-5-3-2-4-11(10)12/h2-5,8,15-17H,6-7H2,1H3. The van der Waals surface area contributed by atoms with E-state index in [1.165, 1.54) is 17.9 Å². The first-order chi connectivity index (χ1) is 8.12. The van der Waals surface area contributed by atoms with Crippen molar-refractivity contribution in [1.29, 1.82) is 5.26 Å². The zero-order valence-corrected chi connectivity index (χ0v) is 9.70. The highest BCUT2D eigenvalue weighted by molar-refractivity contribution is 5.83. The van der Waals surface area contributed by atoms with Gasteiger partial charge in [-0.2, -0.15) is 5.26 Å². The van der Waals surface area contributed by atoms with Gasteiger partial charge in [0.15, 0.2) is 0 Å². The molecule has 2 aromatic rings. The van der Waals surface area contributed by atoms with Crippen LogP contribution in [-0.2, 0) is 6.42 Å². The van der Waals surface area contributed by atoms with E-state index < -0.39 is 5.72 Å². The second-order valence-corrected chi connectivity index (χ2v) is 4.22. The number of fused-ring (bicyclic) bond motifs is 1. The lowest BCUT2D eigenvalue weighted by atomic mass is 10.1. The van der Waals surface area contributed by atoms with Crippen LogP contribution in [-0.4, -0.2) is 22.4 Å². The normalized spacial score (nSPS) is 14.4. The highest BCUT2D eigenvalue weighted by Gasteiger charge is 2.17. The van der Waals surface area contributed by atoms with E-state index >= 15 is 0 Å². The molecule has 0 saturated carbocycles. The summed E-state index contributed by atoms with van der Waals surface area (Å²) in [5, 5.41) is 22.1. The lowest BCUT2D eigenvalue weighted by Gasteiger charge is -2.15. The van der Waals surface area contributed by atoms with E-state index in [9.17, 15) is 5.11 Å². The zero-order chi connectivity index (χ0) is 12.3. The van der Waals surface area contributed by atoms with Crippen LogP contribution in [0.2, 0.25) is 0 Å². The molecular formula is C13H15N3O. The van der Waals surface area contributed by atoms with E-state index in [1.807, 2.05) is 24.4 Å². The van der Waals surface area contributed by atoms with E-state index in [0.717, 1.165) is 11.9 Å². The molecule has 0 aliphatic carbocycles. The molecule has 3 N–H and O–H groups in total. The van der Waals surface area contributed by atoms with Crippen LogP contribution in [0.5, 0.6) is 0 Å². The molecule has 0 amide bonds. The van der Waals surface area contributed by atoms with Crippen LogP contribution in [0.4, 0.5) is 0 Å². The number of hydrogen-bond donors (Lipinski definition) is 3. The number of para-hydroxylation sites is 1. The number of rotatable bonds is 4. The van der Waals surface area contributed by atoms with Gasteiger partial charge in [0.25, 0.3) is 0 Å². The largest absolute Gasteiger partial charge is 0.364 e. The minimum atomic E-state index is -1.45. The molecule has 0 spiro atoms. The van der Waals surface area contributed by atoms with Crippen molar-refractivity contribution >= 4 is 10.9 Å². The van der Waals surface area contributed by atoms with Gasteiger partial charge in [-0.25, -0.2) is 0 Å². The summed E-state index contributed by atoms with van der Waals surface area (Å²) in [6.45, 7) is 2.00. The van der Waals surface area contributed by atoms with Gasteiger partial charge in [0, 0.05) is 23.6 Å². The second-order valence-electron chi connectivity index (χ2n) is 4.22. The average Bonchev–Trinajstić information content (AvgIpc) is 2.73. The van der Waals surface area contributed by atoms with Crippen LogP contribution in [0, 0.1) is 11.3 Å². The van der Waals surface area contributed by atoms with Crippen molar-refractivity contribution in [2.45, 2.75) is 19.1 Å². The molecule has 1 heterocycles. The number of benzene rings is 1. The third-order valence-electron chi connectivity index (χ3n) is 2.76. The number of hydrogen-bond acceptors (Lipinski definition) is 3. The van der Waals surface area contributed by atoms with Gasteiger partial charge < -0.3 is 10.1 Å². The van der Waals surface area contributed by atoms with Gasteiger partial charge in [0.1, 0.15) is 6.07 Å². The fourth-order valence-corrected chi connectivity index (χ4v) is 1.82. The van der Waals surface area contributed by atoms with Crippen molar-refractivity contribution in [3.8, 4) is 6.07 Å². The molecule has 17 heavy (non-hydrogen) atoms. The molecule has 0 fully saturated rings. The van der Waals surface area contributed by atoms with Crippen LogP contribution in [0.25, 0.3) is 10.9 Å². The summed E-state index contributed by atoms with van der Waals surface area (Å²) in [5.74, 6) is 0. The van der Waals surface area contributed by atoms with E-state index in [1.54, 1.807) is 6.07 Å². The molecule has 0 aliphatic heterocycles. The van der Waals surface area contributed by atoms with Crippen molar-refractivity contribution in [1.82, 2.24) is 10.3 Å². The Bertz CT molecular complexity index is 551. The fraction of sp³-hybridized carbons (Fsp3) is 0.308. The SMILES string of the molecule is CC(O)(C#N)NCCc1c[nH]c2ccccc12. The van der Waals surface area contributed by atoms with E-state index in [4.69, 9.17) is 5.26 Å². The maximum atomic E-state index is 9.49. The molecule has 1 aromatic heterocycles. The fourth-order valence-electron chi connectivity index (χ4n) is 1.82. The van der Waals surface area contributed by atoms with Crippen molar-refractivity contribution < 1.29 is 5.11 Å². The first-order valence-electron chi connectivity index (χ1n) is 5.56. The van der Waals surface area contributed by atoms with Gasteiger partial charge in [0.05, 0.1) is 0 Å². The summed E-state index contributed by atoms with van der Waals surface area (Å²) in [7, 11) is 0. The van der Waals surface area contributed by atoms with Gasteiger partial charge >= 0.3 is 0 Å². The summed E-state index contributed by atoms with van der Waals surface area (Å²) >= 11 is 0. The van der Waals surface area contributed by atoms with Crippen LogP contribution in [0.3, 0.4) is 0 Å². The number of nitrogens with zero attached hydrogens (tertiary/aromatic N) is 1. The highest BCUT2D eigenvalue weighted by atomic mass is 16.3. The molecular weight excluding hydrogens is 214 g/mol. The summed E-state index contributed by atoms with van der Waals surface area (Å²) in [5.41, 5.74) is 0.836. The van der Waals surface area contributed by atoms with Gasteiger partial charge in [-0.3, -0.25) is 5.32 Å². The Morgan fingerprint density at radius 3 is 3.00 bits per heavy atom. The topological polar surface area (TPSA) is 71.8 Å². The Hall–Kier alpha value is -1.83. The number of nitrogens with one attached hydrogen (secondary N) is 2. The Balaban J connectivity index is 2.03. The smallest absolute Gasteiger partial charge is 0.202 e. The van der Waals surface area contributed by atoms with Crippen LogP contribution >= 0.6 is 0 Å². The minimum Gasteiger partial charge on any atom is -0.364 e. The van der Waals surface area contributed by atoms with Crippen LogP contribution in [0.1, 0.15) is 12.5 Å². The van der Waals surface area contributed by atoms with E-state index in [-0.39, 0.29) is 0 Å². The van der Waals surface area contributed by atoms with Crippen molar-refractivity contribution in [3.63, 3.8) is 0 Å². The Kier molecular flexibility index (Phi) is 3.14. The molecule has 4 heteroatoms. The first kappa shape index (κ1) is 11.6. The van der Waals surface area contributed by atoms with Crippen molar-refractivity contribution in [2.24, 2.45) is 0 Å². The third-order valence-corrected chi connectivity index (χ3v) is 2.76. The number of nitriles is 1. The Morgan fingerprint density at radius 2 is 2.24 bits per heavy atom. The minimum absolute atomic E-state index is 0.558. The molecule has 1 unspecified atom stereocenters. The average molecular weight is 229 g/mol. The molecule has 1 aromatic carbocycles. The predicted octanol–water partition coefficient (Wildman–Crippen LogP) is 1.53. The van der Waals surface area contributed by atoms with E-state index in [0.29, 0.717) is 6.54 Å². The molecule has 0 saturated heterocycles. The Morgan fingerprint density at radius 1 is 1.47 bits per heavy atom.